The van der Waals surface area contributed by atoms with Gasteiger partial charge in [0.05, 0.1) is 5.56 Å². The topological polar surface area (TPSA) is 30.0 Å². The lowest BCUT2D eigenvalue weighted by molar-refractivity contribution is 0.111. The van der Waals surface area contributed by atoms with Crippen molar-refractivity contribution in [2.75, 3.05) is 0 Å². The van der Waals surface area contributed by atoms with Gasteiger partial charge in [-0.1, -0.05) is 6.07 Å². The highest BCUT2D eigenvalue weighted by Gasteiger charge is 2.12. The van der Waals surface area contributed by atoms with Crippen LogP contribution in [0.5, 0.6) is 0 Å². The number of nitrogens with zero attached hydrogens (tertiary/aromatic N) is 1. The van der Waals surface area contributed by atoms with Crippen LogP contribution in [0, 0.1) is 5.82 Å². The first-order valence-corrected chi connectivity index (χ1v) is 5.74. The van der Waals surface area contributed by atoms with Gasteiger partial charge in [0.25, 0.3) is 0 Å². The van der Waals surface area contributed by atoms with E-state index in [1.165, 1.54) is 17.4 Å². The van der Waals surface area contributed by atoms with Crippen LogP contribution in [0.4, 0.5) is 4.39 Å². The number of hydrogen-bond donors (Lipinski definition) is 0. The van der Waals surface area contributed by atoms with Gasteiger partial charge in [0.1, 0.15) is 16.5 Å². The fourth-order valence-electron chi connectivity index (χ4n) is 1.16. The number of thiazole rings is 1. The number of carbonyl (C=O) groups excluding carboxylic acids is 1. The minimum Gasteiger partial charge on any atom is -0.296 e. The van der Waals surface area contributed by atoms with E-state index in [9.17, 15) is 9.18 Å². The van der Waals surface area contributed by atoms with Gasteiger partial charge in [-0.15, -0.1) is 11.3 Å². The Bertz CT molecular complexity index is 492. The number of benzene rings is 1. The molecule has 0 amide bonds. The first kappa shape index (κ1) is 10.4. The zero-order valence-corrected chi connectivity index (χ0v) is 9.81. The predicted octanol–water partition coefficient (Wildman–Crippen LogP) is 3.52. The molecule has 2 rings (SSSR count). The second-order valence-electron chi connectivity index (χ2n) is 2.79. The SMILES string of the molecule is O=Cc1csc(-c2c(F)cccc2Br)n1. The third kappa shape index (κ3) is 1.98. The lowest BCUT2D eigenvalue weighted by Gasteiger charge is -2.01. The summed E-state index contributed by atoms with van der Waals surface area (Å²) in [6.45, 7) is 0. The van der Waals surface area contributed by atoms with E-state index in [1.54, 1.807) is 17.5 Å². The summed E-state index contributed by atoms with van der Waals surface area (Å²) in [5, 5.41) is 2.10. The molecule has 76 valence electrons. The van der Waals surface area contributed by atoms with Gasteiger partial charge in [-0.2, -0.15) is 0 Å². The molecule has 1 aromatic carbocycles. The molecule has 0 saturated heterocycles. The molecule has 0 aliphatic rings. The van der Waals surface area contributed by atoms with Crippen molar-refractivity contribution in [1.29, 1.82) is 0 Å². The molecular formula is C10H5BrFNOS. The predicted molar refractivity (Wildman–Crippen MR) is 60.6 cm³/mol. The zero-order valence-electron chi connectivity index (χ0n) is 7.41. The second kappa shape index (κ2) is 4.20. The first-order chi connectivity index (χ1) is 7.22. The number of hydrogen-bond acceptors (Lipinski definition) is 3. The maximum absolute atomic E-state index is 13.5. The molecular weight excluding hydrogens is 281 g/mol. The van der Waals surface area contributed by atoms with Gasteiger partial charge in [0.15, 0.2) is 6.29 Å². The summed E-state index contributed by atoms with van der Waals surface area (Å²) < 4.78 is 14.1. The number of carbonyl (C=O) groups is 1. The van der Waals surface area contributed by atoms with Crippen LogP contribution in [0.15, 0.2) is 28.1 Å². The Hall–Kier alpha value is -1.07. The van der Waals surface area contributed by atoms with Crippen LogP contribution in [0.25, 0.3) is 10.6 Å². The fraction of sp³-hybridized carbons (Fsp3) is 0. The maximum Gasteiger partial charge on any atom is 0.169 e. The number of aromatic nitrogens is 1. The van der Waals surface area contributed by atoms with Crippen LogP contribution in [-0.2, 0) is 0 Å². The highest BCUT2D eigenvalue weighted by molar-refractivity contribution is 9.10. The summed E-state index contributed by atoms with van der Waals surface area (Å²) in [5.41, 5.74) is 0.723. The van der Waals surface area contributed by atoms with E-state index in [-0.39, 0.29) is 5.82 Å². The van der Waals surface area contributed by atoms with E-state index in [0.717, 1.165) is 0 Å². The van der Waals surface area contributed by atoms with E-state index in [2.05, 4.69) is 20.9 Å². The molecule has 0 aliphatic carbocycles. The summed E-state index contributed by atoms with van der Waals surface area (Å²) in [6.07, 6.45) is 0.648. The van der Waals surface area contributed by atoms with Crippen molar-refractivity contribution in [3.63, 3.8) is 0 Å². The molecule has 0 spiro atoms. The molecule has 0 atom stereocenters. The molecule has 1 heterocycles. The summed E-state index contributed by atoms with van der Waals surface area (Å²) in [7, 11) is 0. The molecule has 2 nitrogen and oxygen atoms in total. The number of rotatable bonds is 2. The molecule has 2 aromatic rings. The molecule has 0 aliphatic heterocycles. The van der Waals surface area contributed by atoms with Crippen molar-refractivity contribution in [2.45, 2.75) is 0 Å². The summed E-state index contributed by atoms with van der Waals surface area (Å²) in [4.78, 5) is 14.5. The van der Waals surface area contributed by atoms with Gasteiger partial charge >= 0.3 is 0 Å². The Labute approximate surface area is 97.9 Å². The van der Waals surface area contributed by atoms with Gasteiger partial charge in [-0.3, -0.25) is 4.79 Å². The molecule has 1 aromatic heterocycles. The smallest absolute Gasteiger partial charge is 0.169 e. The van der Waals surface area contributed by atoms with Crippen molar-refractivity contribution < 1.29 is 9.18 Å². The lowest BCUT2D eigenvalue weighted by atomic mass is 10.2. The number of halogens is 2. The molecule has 0 saturated carbocycles. The molecule has 0 unspecified atom stereocenters. The van der Waals surface area contributed by atoms with Crippen molar-refractivity contribution in [3.05, 3.63) is 39.6 Å². The third-order valence-corrected chi connectivity index (χ3v) is 3.36. The standard InChI is InChI=1S/C10H5BrFNOS/c11-7-2-1-3-8(12)9(7)10-13-6(4-14)5-15-10/h1-5H. The highest BCUT2D eigenvalue weighted by atomic mass is 79.9. The first-order valence-electron chi connectivity index (χ1n) is 4.07. The minimum atomic E-state index is -0.351. The van der Waals surface area contributed by atoms with Crippen LogP contribution in [0.2, 0.25) is 0 Å². The van der Waals surface area contributed by atoms with Crippen molar-refractivity contribution >= 4 is 33.6 Å². The van der Waals surface area contributed by atoms with Gasteiger partial charge in [0, 0.05) is 9.85 Å². The molecule has 0 N–H and O–H groups in total. The van der Waals surface area contributed by atoms with E-state index < -0.39 is 0 Å². The quantitative estimate of drug-likeness (QED) is 0.790. The van der Waals surface area contributed by atoms with Crippen LogP contribution in [-0.4, -0.2) is 11.3 Å². The van der Waals surface area contributed by atoms with Gasteiger partial charge in [-0.25, -0.2) is 9.37 Å². The third-order valence-electron chi connectivity index (χ3n) is 1.82. The molecule has 0 fully saturated rings. The second-order valence-corrected chi connectivity index (χ2v) is 4.50. The minimum absolute atomic E-state index is 0.324. The largest absolute Gasteiger partial charge is 0.296 e. The zero-order chi connectivity index (χ0) is 10.8. The fourth-order valence-corrected chi connectivity index (χ4v) is 2.64. The lowest BCUT2D eigenvalue weighted by Crippen LogP contribution is -1.86. The van der Waals surface area contributed by atoms with Crippen LogP contribution in [0.3, 0.4) is 0 Å². The van der Waals surface area contributed by atoms with Crippen molar-refractivity contribution in [2.24, 2.45) is 0 Å². The van der Waals surface area contributed by atoms with Gasteiger partial charge < -0.3 is 0 Å². The van der Waals surface area contributed by atoms with E-state index in [4.69, 9.17) is 0 Å². The van der Waals surface area contributed by atoms with E-state index in [0.29, 0.717) is 27.0 Å². The normalized spacial score (nSPS) is 10.3. The van der Waals surface area contributed by atoms with E-state index >= 15 is 0 Å². The van der Waals surface area contributed by atoms with Gasteiger partial charge in [-0.05, 0) is 28.1 Å². The number of aldehydes is 1. The average Bonchev–Trinajstić information content (AvgIpc) is 2.66. The maximum atomic E-state index is 13.5. The Kier molecular flexibility index (Phi) is 2.93. The Morgan fingerprint density at radius 1 is 1.47 bits per heavy atom. The summed E-state index contributed by atoms with van der Waals surface area (Å²) in [5.74, 6) is -0.351. The highest BCUT2D eigenvalue weighted by Crippen LogP contribution is 2.32. The van der Waals surface area contributed by atoms with Crippen LogP contribution >= 0.6 is 27.3 Å². The van der Waals surface area contributed by atoms with Crippen molar-refractivity contribution in [1.82, 2.24) is 4.98 Å². The molecule has 15 heavy (non-hydrogen) atoms. The average molecular weight is 286 g/mol. The van der Waals surface area contributed by atoms with Crippen molar-refractivity contribution in [3.8, 4) is 10.6 Å². The summed E-state index contributed by atoms with van der Waals surface area (Å²) in [6, 6.07) is 4.71. The summed E-state index contributed by atoms with van der Waals surface area (Å²) >= 11 is 4.50. The Balaban J connectivity index is 2.58. The molecule has 0 radical (unpaired) electrons. The Morgan fingerprint density at radius 3 is 2.87 bits per heavy atom. The monoisotopic (exact) mass is 285 g/mol. The van der Waals surface area contributed by atoms with Gasteiger partial charge in [0.2, 0.25) is 0 Å². The van der Waals surface area contributed by atoms with E-state index in [1.807, 2.05) is 0 Å². The van der Waals surface area contributed by atoms with Crippen LogP contribution in [0.1, 0.15) is 10.5 Å². The van der Waals surface area contributed by atoms with Crippen LogP contribution < -0.4 is 0 Å². The Morgan fingerprint density at radius 2 is 2.27 bits per heavy atom. The molecule has 0 bridgehead atoms. The molecule has 5 heteroatoms.